The van der Waals surface area contributed by atoms with E-state index < -0.39 is 5.91 Å². The van der Waals surface area contributed by atoms with E-state index in [0.717, 1.165) is 59.1 Å². The normalized spacial score (nSPS) is 15.4. The van der Waals surface area contributed by atoms with E-state index in [2.05, 4.69) is 19.9 Å². The maximum atomic E-state index is 11.3. The van der Waals surface area contributed by atoms with Crippen LogP contribution in [0.4, 0.5) is 5.95 Å². The van der Waals surface area contributed by atoms with Gasteiger partial charge in [-0.05, 0) is 43.4 Å². The van der Waals surface area contributed by atoms with Gasteiger partial charge in [-0.1, -0.05) is 0 Å². The van der Waals surface area contributed by atoms with Crippen molar-refractivity contribution in [2.24, 2.45) is 11.7 Å². The SMILES string of the molecule is NC(=O)c1ccc2nc(-c3cnc(N4CCC(CCO)CC4)nc3)sc2c1. The number of hydrogen-bond acceptors (Lipinski definition) is 7. The van der Waals surface area contributed by atoms with E-state index in [1.165, 1.54) is 11.3 Å². The highest BCUT2D eigenvalue weighted by Gasteiger charge is 2.20. The minimum Gasteiger partial charge on any atom is -0.396 e. The number of nitrogens with zero attached hydrogens (tertiary/aromatic N) is 4. The second kappa shape index (κ2) is 7.58. The fourth-order valence-electron chi connectivity index (χ4n) is 3.40. The average Bonchev–Trinajstić information content (AvgIpc) is 3.12. The largest absolute Gasteiger partial charge is 0.396 e. The molecular formula is C19H21N5O2S. The van der Waals surface area contributed by atoms with Crippen molar-refractivity contribution in [2.45, 2.75) is 19.3 Å². The van der Waals surface area contributed by atoms with Gasteiger partial charge in [-0.3, -0.25) is 4.79 Å². The number of thiazole rings is 1. The lowest BCUT2D eigenvalue weighted by Gasteiger charge is -2.31. The number of carbonyl (C=O) groups excluding carboxylic acids is 1. The number of nitrogens with two attached hydrogens (primary N) is 1. The molecular weight excluding hydrogens is 362 g/mol. The minimum absolute atomic E-state index is 0.263. The van der Waals surface area contributed by atoms with Gasteiger partial charge in [0.25, 0.3) is 0 Å². The Kier molecular flexibility index (Phi) is 5.00. The molecule has 8 heteroatoms. The number of aliphatic hydroxyl groups excluding tert-OH is 1. The molecule has 27 heavy (non-hydrogen) atoms. The van der Waals surface area contributed by atoms with Crippen LogP contribution in [0.1, 0.15) is 29.6 Å². The van der Waals surface area contributed by atoms with Crippen molar-refractivity contribution >= 4 is 33.4 Å². The second-order valence-electron chi connectivity index (χ2n) is 6.78. The average molecular weight is 383 g/mol. The van der Waals surface area contributed by atoms with Crippen molar-refractivity contribution in [3.05, 3.63) is 36.2 Å². The molecule has 1 amide bonds. The topological polar surface area (TPSA) is 105 Å². The standard InChI is InChI=1S/C19H21N5O2S/c20-17(26)13-1-2-15-16(9-13)27-18(23-15)14-10-21-19(22-11-14)24-6-3-12(4-7-24)5-8-25/h1-2,9-12,25H,3-8H2,(H2,20,26). The molecule has 4 rings (SSSR count). The van der Waals surface area contributed by atoms with E-state index in [-0.39, 0.29) is 6.61 Å². The van der Waals surface area contributed by atoms with Gasteiger partial charge in [0.05, 0.1) is 10.2 Å². The summed E-state index contributed by atoms with van der Waals surface area (Å²) in [6, 6.07) is 5.26. The first-order chi connectivity index (χ1) is 13.1. The molecule has 0 atom stereocenters. The van der Waals surface area contributed by atoms with Crippen LogP contribution in [0.25, 0.3) is 20.8 Å². The zero-order valence-corrected chi connectivity index (χ0v) is 15.7. The predicted molar refractivity (Wildman–Crippen MR) is 106 cm³/mol. The van der Waals surface area contributed by atoms with Crippen molar-refractivity contribution in [3.63, 3.8) is 0 Å². The van der Waals surface area contributed by atoms with Crippen LogP contribution in [0.15, 0.2) is 30.6 Å². The molecule has 0 radical (unpaired) electrons. The van der Waals surface area contributed by atoms with Gasteiger partial charge in [0, 0.05) is 43.2 Å². The van der Waals surface area contributed by atoms with Gasteiger partial charge in [-0.2, -0.15) is 0 Å². The molecule has 1 aliphatic rings. The monoisotopic (exact) mass is 383 g/mol. The smallest absolute Gasteiger partial charge is 0.248 e. The van der Waals surface area contributed by atoms with Gasteiger partial charge >= 0.3 is 0 Å². The Hall–Kier alpha value is -2.58. The fraction of sp³-hybridized carbons (Fsp3) is 0.368. The van der Waals surface area contributed by atoms with E-state index in [0.29, 0.717) is 11.5 Å². The Morgan fingerprint density at radius 3 is 2.67 bits per heavy atom. The summed E-state index contributed by atoms with van der Waals surface area (Å²) in [5.74, 6) is 0.888. The van der Waals surface area contributed by atoms with Crippen molar-refractivity contribution in [1.29, 1.82) is 0 Å². The van der Waals surface area contributed by atoms with Crippen molar-refractivity contribution in [3.8, 4) is 10.6 Å². The highest BCUT2D eigenvalue weighted by Crippen LogP contribution is 2.31. The summed E-state index contributed by atoms with van der Waals surface area (Å²) in [6.07, 6.45) is 6.60. The third kappa shape index (κ3) is 3.77. The van der Waals surface area contributed by atoms with E-state index in [4.69, 9.17) is 10.8 Å². The molecule has 1 fully saturated rings. The molecule has 0 spiro atoms. The Morgan fingerprint density at radius 1 is 1.26 bits per heavy atom. The number of piperidine rings is 1. The first-order valence-electron chi connectivity index (χ1n) is 9.02. The van der Waals surface area contributed by atoms with Crippen LogP contribution in [-0.2, 0) is 0 Å². The summed E-state index contributed by atoms with van der Waals surface area (Å²) >= 11 is 1.49. The maximum absolute atomic E-state index is 11.3. The number of fused-ring (bicyclic) bond motifs is 1. The number of benzene rings is 1. The van der Waals surface area contributed by atoms with Crippen LogP contribution >= 0.6 is 11.3 Å². The third-order valence-electron chi connectivity index (χ3n) is 4.99. The first kappa shape index (κ1) is 17.8. The lowest BCUT2D eigenvalue weighted by Crippen LogP contribution is -2.35. The molecule has 3 aromatic rings. The predicted octanol–water partition coefficient (Wildman–Crippen LogP) is 2.45. The Bertz CT molecular complexity index is 948. The molecule has 0 unspecified atom stereocenters. The molecule has 3 N–H and O–H groups in total. The number of aliphatic hydroxyl groups is 1. The lowest BCUT2D eigenvalue weighted by molar-refractivity contribution is 0.100. The number of primary amides is 1. The molecule has 0 bridgehead atoms. The summed E-state index contributed by atoms with van der Waals surface area (Å²) < 4.78 is 0.913. The molecule has 2 aromatic heterocycles. The van der Waals surface area contributed by atoms with Gasteiger partial charge < -0.3 is 15.7 Å². The summed E-state index contributed by atoms with van der Waals surface area (Å²) in [6.45, 7) is 2.10. The minimum atomic E-state index is -0.442. The molecule has 0 saturated carbocycles. The van der Waals surface area contributed by atoms with Gasteiger partial charge in [0.2, 0.25) is 11.9 Å². The highest BCUT2D eigenvalue weighted by molar-refractivity contribution is 7.21. The van der Waals surface area contributed by atoms with E-state index >= 15 is 0 Å². The highest BCUT2D eigenvalue weighted by atomic mass is 32.1. The zero-order valence-electron chi connectivity index (χ0n) is 14.8. The number of carbonyl (C=O) groups is 1. The Labute approximate surface area is 160 Å². The van der Waals surface area contributed by atoms with Gasteiger partial charge in [0.1, 0.15) is 5.01 Å². The number of anilines is 1. The quantitative estimate of drug-likeness (QED) is 0.701. The summed E-state index contributed by atoms with van der Waals surface area (Å²) in [7, 11) is 0. The Morgan fingerprint density at radius 2 is 2.00 bits per heavy atom. The molecule has 1 aliphatic heterocycles. The van der Waals surface area contributed by atoms with Gasteiger partial charge in [-0.15, -0.1) is 11.3 Å². The zero-order chi connectivity index (χ0) is 18.8. The van der Waals surface area contributed by atoms with Crippen molar-refractivity contribution < 1.29 is 9.90 Å². The van der Waals surface area contributed by atoms with Crippen LogP contribution in [0.2, 0.25) is 0 Å². The van der Waals surface area contributed by atoms with Crippen LogP contribution in [0, 0.1) is 5.92 Å². The van der Waals surface area contributed by atoms with Crippen molar-refractivity contribution in [1.82, 2.24) is 15.0 Å². The number of amides is 1. The van der Waals surface area contributed by atoms with Crippen LogP contribution in [0.3, 0.4) is 0 Å². The Balaban J connectivity index is 1.51. The molecule has 1 aromatic carbocycles. The van der Waals surface area contributed by atoms with Crippen LogP contribution in [-0.4, -0.2) is 45.7 Å². The van der Waals surface area contributed by atoms with E-state index in [9.17, 15) is 4.79 Å². The number of rotatable bonds is 5. The number of aromatic nitrogens is 3. The first-order valence-corrected chi connectivity index (χ1v) is 9.84. The number of hydrogen-bond donors (Lipinski definition) is 2. The summed E-state index contributed by atoms with van der Waals surface area (Å²) in [5, 5.41) is 9.89. The lowest BCUT2D eigenvalue weighted by atomic mass is 9.94. The van der Waals surface area contributed by atoms with E-state index in [1.54, 1.807) is 30.6 Å². The third-order valence-corrected chi connectivity index (χ3v) is 6.06. The van der Waals surface area contributed by atoms with Gasteiger partial charge in [-0.25, -0.2) is 15.0 Å². The summed E-state index contributed by atoms with van der Waals surface area (Å²) in [4.78, 5) is 27.2. The molecule has 140 valence electrons. The summed E-state index contributed by atoms with van der Waals surface area (Å²) in [5.41, 5.74) is 7.51. The van der Waals surface area contributed by atoms with Crippen LogP contribution in [0.5, 0.6) is 0 Å². The molecule has 7 nitrogen and oxygen atoms in total. The maximum Gasteiger partial charge on any atom is 0.248 e. The van der Waals surface area contributed by atoms with E-state index in [1.807, 2.05) is 0 Å². The van der Waals surface area contributed by atoms with Crippen LogP contribution < -0.4 is 10.6 Å². The molecule has 1 saturated heterocycles. The fourth-order valence-corrected chi connectivity index (χ4v) is 4.38. The molecule has 0 aliphatic carbocycles. The molecule has 3 heterocycles. The van der Waals surface area contributed by atoms with Crippen molar-refractivity contribution in [2.75, 3.05) is 24.6 Å². The van der Waals surface area contributed by atoms with Gasteiger partial charge in [0.15, 0.2) is 0 Å². The second-order valence-corrected chi connectivity index (χ2v) is 7.81.